The van der Waals surface area contributed by atoms with Crippen molar-refractivity contribution in [3.8, 4) is 0 Å². The molecular formula is C7H10ClN3O2. The van der Waals surface area contributed by atoms with Gasteiger partial charge in [-0.1, -0.05) is 0 Å². The highest BCUT2D eigenvalue weighted by atomic mass is 35.5. The number of carbonyl (C=O) groups excluding carboxylic acids is 1. The number of rotatable bonds is 1. The van der Waals surface area contributed by atoms with Crippen molar-refractivity contribution in [1.29, 1.82) is 0 Å². The van der Waals surface area contributed by atoms with Gasteiger partial charge in [0.05, 0.1) is 6.54 Å². The third kappa shape index (κ3) is 1.81. The molecule has 2 aliphatic heterocycles. The second kappa shape index (κ2) is 3.76. The molecule has 1 fully saturated rings. The molecule has 2 rings (SSSR count). The number of amides is 1. The minimum absolute atomic E-state index is 0. The van der Waals surface area contributed by atoms with Crippen LogP contribution in [0.15, 0.2) is 16.8 Å². The maximum atomic E-state index is 10.7. The number of dihydropyridines is 1. The monoisotopic (exact) mass is 203 g/mol. The molecule has 2 heterocycles. The Bertz CT molecular complexity index is 277. The first-order valence-electron chi connectivity index (χ1n) is 3.68. The fourth-order valence-electron chi connectivity index (χ4n) is 1.24. The summed E-state index contributed by atoms with van der Waals surface area (Å²) in [4.78, 5) is 14.7. The van der Waals surface area contributed by atoms with Gasteiger partial charge in [0.25, 0.3) is 5.91 Å². The van der Waals surface area contributed by atoms with Crippen LogP contribution in [0.4, 0.5) is 0 Å². The molecule has 72 valence electrons. The van der Waals surface area contributed by atoms with Crippen LogP contribution >= 0.6 is 12.4 Å². The van der Waals surface area contributed by atoms with Crippen molar-refractivity contribution in [3.05, 3.63) is 11.8 Å². The number of nitrogens with two attached hydrogens (primary N) is 1. The molecule has 2 aliphatic rings. The smallest absolute Gasteiger partial charge is 0.267 e. The van der Waals surface area contributed by atoms with E-state index in [1.54, 1.807) is 12.3 Å². The Balaban J connectivity index is 0.000000845. The van der Waals surface area contributed by atoms with E-state index in [-0.39, 0.29) is 18.5 Å². The zero-order valence-electron chi connectivity index (χ0n) is 6.77. The van der Waals surface area contributed by atoms with Gasteiger partial charge in [0.2, 0.25) is 6.23 Å². The summed E-state index contributed by atoms with van der Waals surface area (Å²) < 4.78 is 5.26. The Hall–Kier alpha value is -1.07. The number of nitrogens with zero attached hydrogens (tertiary/aromatic N) is 1. The van der Waals surface area contributed by atoms with Gasteiger partial charge in [-0.05, 0) is 6.08 Å². The molecule has 0 aliphatic carbocycles. The molecule has 5 nitrogen and oxygen atoms in total. The van der Waals surface area contributed by atoms with Crippen LogP contribution < -0.4 is 11.1 Å². The van der Waals surface area contributed by atoms with Crippen LogP contribution in [0.3, 0.4) is 0 Å². The molecule has 1 amide bonds. The van der Waals surface area contributed by atoms with E-state index in [0.717, 1.165) is 5.70 Å². The van der Waals surface area contributed by atoms with Crippen molar-refractivity contribution in [2.45, 2.75) is 12.3 Å². The third-order valence-corrected chi connectivity index (χ3v) is 1.83. The minimum atomic E-state index is -0.692. The fraction of sp³-hybridized carbons (Fsp3) is 0.429. The normalized spacial score (nSPS) is 29.7. The number of hydrogen-bond donors (Lipinski definition) is 2. The Morgan fingerprint density at radius 2 is 2.54 bits per heavy atom. The van der Waals surface area contributed by atoms with Crippen LogP contribution in [-0.4, -0.2) is 31.0 Å². The van der Waals surface area contributed by atoms with Gasteiger partial charge in [-0.2, -0.15) is 0 Å². The Morgan fingerprint density at radius 3 is 3.15 bits per heavy atom. The van der Waals surface area contributed by atoms with Crippen LogP contribution in [0, 0.1) is 0 Å². The predicted octanol–water partition coefficient (Wildman–Crippen LogP) is -0.824. The molecule has 0 aromatic carbocycles. The standard InChI is InChI=1S/C7H9N3O2.ClH/c8-6(11)7-10-4-1-2-9-3-5(4)12-7;/h1-2,5,7,10H,3H2,(H2,8,11);1H. The van der Waals surface area contributed by atoms with E-state index in [1.165, 1.54) is 0 Å². The number of carbonyl (C=O) groups is 1. The second-order valence-electron chi connectivity index (χ2n) is 2.69. The van der Waals surface area contributed by atoms with Gasteiger partial charge in [-0.25, -0.2) is 0 Å². The molecule has 0 radical (unpaired) electrons. The molecule has 2 unspecified atom stereocenters. The average molecular weight is 204 g/mol. The number of ether oxygens (including phenoxy) is 1. The molecule has 0 spiro atoms. The van der Waals surface area contributed by atoms with Crippen molar-refractivity contribution >= 4 is 24.5 Å². The van der Waals surface area contributed by atoms with E-state index in [0.29, 0.717) is 6.54 Å². The van der Waals surface area contributed by atoms with Gasteiger partial charge in [0.1, 0.15) is 6.10 Å². The van der Waals surface area contributed by atoms with E-state index >= 15 is 0 Å². The highest BCUT2D eigenvalue weighted by Gasteiger charge is 2.32. The number of halogens is 1. The number of nitrogens with one attached hydrogen (secondary N) is 1. The van der Waals surface area contributed by atoms with Crippen LogP contribution in [0.25, 0.3) is 0 Å². The average Bonchev–Trinajstić information content (AvgIpc) is 2.46. The lowest BCUT2D eigenvalue weighted by molar-refractivity contribution is -0.129. The molecule has 13 heavy (non-hydrogen) atoms. The quantitative estimate of drug-likeness (QED) is 0.585. The second-order valence-corrected chi connectivity index (χ2v) is 2.69. The number of fused-ring (bicyclic) bond motifs is 1. The van der Waals surface area contributed by atoms with E-state index in [4.69, 9.17) is 10.5 Å². The third-order valence-electron chi connectivity index (χ3n) is 1.83. The summed E-state index contributed by atoms with van der Waals surface area (Å²) in [7, 11) is 0. The number of aliphatic imine (C=N–C) groups is 1. The number of allylic oxidation sites excluding steroid dienone is 1. The molecule has 3 N–H and O–H groups in total. The Morgan fingerprint density at radius 1 is 1.77 bits per heavy atom. The lowest BCUT2D eigenvalue weighted by Crippen LogP contribution is -2.36. The van der Waals surface area contributed by atoms with Crippen molar-refractivity contribution in [2.24, 2.45) is 10.7 Å². The minimum Gasteiger partial charge on any atom is -0.366 e. The van der Waals surface area contributed by atoms with Crippen molar-refractivity contribution in [1.82, 2.24) is 5.32 Å². The molecule has 0 saturated carbocycles. The van der Waals surface area contributed by atoms with Crippen molar-refractivity contribution in [3.63, 3.8) is 0 Å². The van der Waals surface area contributed by atoms with Gasteiger partial charge in [-0.3, -0.25) is 9.79 Å². The molecule has 0 bridgehead atoms. The molecule has 6 heteroatoms. The Kier molecular flexibility index (Phi) is 2.90. The van der Waals surface area contributed by atoms with E-state index in [9.17, 15) is 4.79 Å². The number of primary amides is 1. The summed E-state index contributed by atoms with van der Waals surface area (Å²) in [5.41, 5.74) is 5.94. The topological polar surface area (TPSA) is 76.7 Å². The fourth-order valence-corrected chi connectivity index (χ4v) is 1.24. The number of hydrogen-bond acceptors (Lipinski definition) is 4. The summed E-state index contributed by atoms with van der Waals surface area (Å²) in [6.07, 6.45) is 2.67. The van der Waals surface area contributed by atoms with Gasteiger partial charge in [-0.15, -0.1) is 12.4 Å². The van der Waals surface area contributed by atoms with Gasteiger partial charge in [0, 0.05) is 11.9 Å². The molecule has 1 saturated heterocycles. The van der Waals surface area contributed by atoms with E-state index in [2.05, 4.69) is 10.3 Å². The predicted molar refractivity (Wildman–Crippen MR) is 49.7 cm³/mol. The lowest BCUT2D eigenvalue weighted by Gasteiger charge is -2.08. The summed E-state index contributed by atoms with van der Waals surface area (Å²) in [5.74, 6) is -0.495. The largest absolute Gasteiger partial charge is 0.366 e. The summed E-state index contributed by atoms with van der Waals surface area (Å²) in [6, 6.07) is 0. The van der Waals surface area contributed by atoms with E-state index < -0.39 is 12.1 Å². The molecule has 0 aromatic heterocycles. The highest BCUT2D eigenvalue weighted by Crippen LogP contribution is 2.17. The summed E-state index contributed by atoms with van der Waals surface area (Å²) >= 11 is 0. The molecule has 2 atom stereocenters. The SMILES string of the molecule is Cl.NC(=O)C1NC2=CC=NCC2O1. The van der Waals surface area contributed by atoms with Gasteiger partial charge < -0.3 is 15.8 Å². The zero-order chi connectivity index (χ0) is 8.55. The van der Waals surface area contributed by atoms with Crippen LogP contribution in [0.5, 0.6) is 0 Å². The van der Waals surface area contributed by atoms with Gasteiger partial charge in [0.15, 0.2) is 0 Å². The first kappa shape index (κ1) is 10.0. The highest BCUT2D eigenvalue weighted by molar-refractivity contribution is 5.85. The van der Waals surface area contributed by atoms with Crippen LogP contribution in [-0.2, 0) is 9.53 Å². The summed E-state index contributed by atoms with van der Waals surface area (Å²) in [5, 5.41) is 2.87. The first-order chi connectivity index (χ1) is 5.77. The molecular weight excluding hydrogens is 194 g/mol. The maximum Gasteiger partial charge on any atom is 0.267 e. The summed E-state index contributed by atoms with van der Waals surface area (Å²) in [6.45, 7) is 0.558. The molecule has 0 aromatic rings. The van der Waals surface area contributed by atoms with Crippen molar-refractivity contribution < 1.29 is 9.53 Å². The van der Waals surface area contributed by atoms with Crippen LogP contribution in [0.2, 0.25) is 0 Å². The first-order valence-corrected chi connectivity index (χ1v) is 3.68. The lowest BCUT2D eigenvalue weighted by atomic mass is 10.2. The van der Waals surface area contributed by atoms with E-state index in [1.807, 2.05) is 0 Å². The maximum absolute atomic E-state index is 10.7. The zero-order valence-corrected chi connectivity index (χ0v) is 7.58. The van der Waals surface area contributed by atoms with Crippen LogP contribution in [0.1, 0.15) is 0 Å². The van der Waals surface area contributed by atoms with Crippen molar-refractivity contribution in [2.75, 3.05) is 6.54 Å². The Labute approximate surface area is 81.4 Å². The van der Waals surface area contributed by atoms with Gasteiger partial charge >= 0.3 is 0 Å².